The predicted molar refractivity (Wildman–Crippen MR) is 96.5 cm³/mol. The second-order valence-corrected chi connectivity index (χ2v) is 9.42. The van der Waals surface area contributed by atoms with Crippen molar-refractivity contribution in [1.29, 1.82) is 0 Å². The van der Waals surface area contributed by atoms with Gasteiger partial charge in [0.05, 0.1) is 17.3 Å². The molecule has 0 bridgehead atoms. The first-order valence-electron chi connectivity index (χ1n) is 8.08. The maximum absolute atomic E-state index is 11.9. The average molecular weight is 401 g/mol. The van der Waals surface area contributed by atoms with Gasteiger partial charge in [-0.05, 0) is 18.6 Å². The van der Waals surface area contributed by atoms with Crippen LogP contribution < -0.4 is 14.8 Å². The van der Waals surface area contributed by atoms with E-state index in [0.29, 0.717) is 36.8 Å². The second kappa shape index (κ2) is 8.17. The molecule has 0 aliphatic carbocycles. The number of amides is 1. The van der Waals surface area contributed by atoms with Gasteiger partial charge in [0.15, 0.2) is 27.9 Å². The molecule has 8 nitrogen and oxygen atoms in total. The number of fused-ring (bicyclic) bond motifs is 1. The zero-order chi connectivity index (χ0) is 18.6. The van der Waals surface area contributed by atoms with Gasteiger partial charge in [0.2, 0.25) is 0 Å². The number of thioether (sulfide) groups is 1. The van der Waals surface area contributed by atoms with Crippen LogP contribution in [0.15, 0.2) is 18.2 Å². The first-order chi connectivity index (χ1) is 12.4. The zero-order valence-electron chi connectivity index (χ0n) is 13.9. The molecule has 2 heterocycles. The van der Waals surface area contributed by atoms with Crippen molar-refractivity contribution in [2.75, 3.05) is 42.4 Å². The minimum absolute atomic E-state index is 0.0253. The quantitative estimate of drug-likeness (QED) is 0.700. The molecule has 1 fully saturated rings. The maximum atomic E-state index is 11.9. The molecule has 2 aliphatic heterocycles. The maximum Gasteiger partial charge on any atom is 0.316 e. The van der Waals surface area contributed by atoms with Crippen LogP contribution in [0.4, 0.5) is 5.69 Å². The summed E-state index contributed by atoms with van der Waals surface area (Å²) in [4.78, 5) is 23.6. The van der Waals surface area contributed by atoms with E-state index >= 15 is 0 Å². The third kappa shape index (κ3) is 5.28. The highest BCUT2D eigenvalue weighted by Crippen LogP contribution is 2.32. The fourth-order valence-electron chi connectivity index (χ4n) is 2.58. The van der Waals surface area contributed by atoms with Gasteiger partial charge < -0.3 is 19.5 Å². The number of anilines is 1. The zero-order valence-corrected chi connectivity index (χ0v) is 15.6. The molecule has 0 saturated carbocycles. The van der Waals surface area contributed by atoms with E-state index in [1.54, 1.807) is 18.2 Å². The number of ether oxygens (including phenoxy) is 3. The number of rotatable bonds is 6. The highest BCUT2D eigenvalue weighted by Gasteiger charge is 2.28. The molecule has 1 aromatic carbocycles. The monoisotopic (exact) mass is 401 g/mol. The number of carbonyl (C=O) groups is 2. The van der Waals surface area contributed by atoms with Crippen LogP contribution in [0, 0.1) is 0 Å². The van der Waals surface area contributed by atoms with E-state index < -0.39 is 28.3 Å². The summed E-state index contributed by atoms with van der Waals surface area (Å²) < 4.78 is 38.5. The molecule has 0 radical (unpaired) electrons. The van der Waals surface area contributed by atoms with Crippen LogP contribution in [-0.4, -0.2) is 62.6 Å². The molecule has 2 aliphatic rings. The van der Waals surface area contributed by atoms with E-state index in [1.807, 2.05) is 0 Å². The van der Waals surface area contributed by atoms with Gasteiger partial charge in [-0.1, -0.05) is 0 Å². The van der Waals surface area contributed by atoms with Crippen molar-refractivity contribution in [2.24, 2.45) is 0 Å². The summed E-state index contributed by atoms with van der Waals surface area (Å²) in [5, 5.41) is 2.53. The SMILES string of the molecule is O=C(COC(=O)CS[C@@H]1CCS(=O)(=O)C1)Nc1ccc2c(c1)OCCO2. The molecule has 3 rings (SSSR count). The minimum atomic E-state index is -2.97. The number of hydrogen-bond acceptors (Lipinski definition) is 8. The van der Waals surface area contributed by atoms with Crippen molar-refractivity contribution in [1.82, 2.24) is 0 Å². The number of esters is 1. The van der Waals surface area contributed by atoms with Crippen molar-refractivity contribution in [3.05, 3.63) is 18.2 Å². The number of carbonyl (C=O) groups excluding carboxylic acids is 2. The standard InChI is InChI=1S/C16H19NO7S2/c18-15(17-11-1-2-13-14(7-11)23-5-4-22-13)8-24-16(19)9-25-12-3-6-26(20,21)10-12/h1-2,7,12H,3-6,8-10H2,(H,17,18)/t12-/m1/s1. The van der Waals surface area contributed by atoms with Crippen molar-refractivity contribution >= 4 is 39.2 Å². The first-order valence-corrected chi connectivity index (χ1v) is 11.0. The number of benzene rings is 1. The molecule has 0 spiro atoms. The number of nitrogens with one attached hydrogen (secondary N) is 1. The highest BCUT2D eigenvalue weighted by molar-refractivity contribution is 8.02. The Morgan fingerprint density at radius 3 is 2.73 bits per heavy atom. The summed E-state index contributed by atoms with van der Waals surface area (Å²) in [6.07, 6.45) is 0.547. The van der Waals surface area contributed by atoms with E-state index in [1.165, 1.54) is 11.8 Å². The molecule has 0 unspecified atom stereocenters. The summed E-state index contributed by atoms with van der Waals surface area (Å²) in [5.74, 6) is 0.436. The Morgan fingerprint density at radius 2 is 2.00 bits per heavy atom. The van der Waals surface area contributed by atoms with Crippen LogP contribution in [0.3, 0.4) is 0 Å². The first kappa shape index (κ1) is 18.8. The highest BCUT2D eigenvalue weighted by atomic mass is 32.2. The normalized spacial score (nSPS) is 20.4. The Kier molecular flexibility index (Phi) is 5.92. The Morgan fingerprint density at radius 1 is 1.23 bits per heavy atom. The Balaban J connectivity index is 1.39. The third-order valence-electron chi connectivity index (χ3n) is 3.82. The fraction of sp³-hybridized carbons (Fsp3) is 0.500. The Bertz CT molecular complexity index is 794. The van der Waals surface area contributed by atoms with Gasteiger partial charge >= 0.3 is 5.97 Å². The lowest BCUT2D eigenvalue weighted by atomic mass is 10.2. The van der Waals surface area contributed by atoms with Crippen LogP contribution in [0.2, 0.25) is 0 Å². The summed E-state index contributed by atoms with van der Waals surface area (Å²) in [6, 6.07) is 5.01. The molecule has 1 aromatic rings. The van der Waals surface area contributed by atoms with E-state index in [9.17, 15) is 18.0 Å². The largest absolute Gasteiger partial charge is 0.486 e. The van der Waals surface area contributed by atoms with Crippen molar-refractivity contribution < 1.29 is 32.2 Å². The van der Waals surface area contributed by atoms with Crippen LogP contribution in [-0.2, 0) is 24.2 Å². The van der Waals surface area contributed by atoms with Crippen molar-refractivity contribution in [2.45, 2.75) is 11.7 Å². The smallest absolute Gasteiger partial charge is 0.316 e. The van der Waals surface area contributed by atoms with Crippen LogP contribution in [0.25, 0.3) is 0 Å². The molecule has 0 aromatic heterocycles. The van der Waals surface area contributed by atoms with Gasteiger partial charge in [0.1, 0.15) is 13.2 Å². The summed E-state index contributed by atoms with van der Waals surface area (Å²) >= 11 is 1.25. The molecular weight excluding hydrogens is 382 g/mol. The minimum Gasteiger partial charge on any atom is -0.486 e. The van der Waals surface area contributed by atoms with Crippen LogP contribution in [0.1, 0.15) is 6.42 Å². The van der Waals surface area contributed by atoms with E-state index in [0.717, 1.165) is 0 Å². The predicted octanol–water partition coefficient (Wildman–Crippen LogP) is 0.860. The Labute approximate surface area is 155 Å². The van der Waals surface area contributed by atoms with Gasteiger partial charge in [-0.15, -0.1) is 11.8 Å². The van der Waals surface area contributed by atoms with Crippen LogP contribution >= 0.6 is 11.8 Å². The van der Waals surface area contributed by atoms with Crippen molar-refractivity contribution in [3.63, 3.8) is 0 Å². The topological polar surface area (TPSA) is 108 Å². The van der Waals surface area contributed by atoms with Gasteiger partial charge in [-0.25, -0.2) is 8.42 Å². The van der Waals surface area contributed by atoms with E-state index in [2.05, 4.69) is 5.32 Å². The molecular formula is C16H19NO7S2. The molecule has 26 heavy (non-hydrogen) atoms. The van der Waals surface area contributed by atoms with E-state index in [-0.39, 0.29) is 22.5 Å². The average Bonchev–Trinajstić information content (AvgIpc) is 2.97. The molecule has 142 valence electrons. The lowest BCUT2D eigenvalue weighted by Crippen LogP contribution is -2.22. The van der Waals surface area contributed by atoms with Gasteiger partial charge in [0.25, 0.3) is 5.91 Å². The second-order valence-electron chi connectivity index (χ2n) is 5.90. The van der Waals surface area contributed by atoms with E-state index in [4.69, 9.17) is 14.2 Å². The third-order valence-corrected chi connectivity index (χ3v) is 7.07. The van der Waals surface area contributed by atoms with Crippen LogP contribution in [0.5, 0.6) is 11.5 Å². The Hall–Kier alpha value is -1.94. The summed E-state index contributed by atoms with van der Waals surface area (Å²) in [7, 11) is -2.97. The molecule has 1 amide bonds. The number of sulfone groups is 1. The summed E-state index contributed by atoms with van der Waals surface area (Å²) in [6.45, 7) is 0.526. The van der Waals surface area contributed by atoms with Gasteiger partial charge in [0, 0.05) is 17.0 Å². The molecule has 1 saturated heterocycles. The molecule has 1 atom stereocenters. The summed E-state index contributed by atoms with van der Waals surface area (Å²) in [5.41, 5.74) is 0.515. The number of hydrogen-bond donors (Lipinski definition) is 1. The lowest BCUT2D eigenvalue weighted by molar-refractivity contribution is -0.144. The lowest BCUT2D eigenvalue weighted by Gasteiger charge is -2.19. The van der Waals surface area contributed by atoms with Gasteiger partial charge in [-0.2, -0.15) is 0 Å². The molecule has 10 heteroatoms. The molecule has 1 N–H and O–H groups in total. The van der Waals surface area contributed by atoms with Crippen molar-refractivity contribution in [3.8, 4) is 11.5 Å². The fourth-order valence-corrected chi connectivity index (χ4v) is 6.02. The van der Waals surface area contributed by atoms with Gasteiger partial charge in [-0.3, -0.25) is 9.59 Å².